The molecular weight excluding hydrogens is 347 g/mol. The zero-order valence-corrected chi connectivity index (χ0v) is 13.4. The van der Waals surface area contributed by atoms with E-state index >= 15 is 0 Å². The van der Waals surface area contributed by atoms with Crippen molar-refractivity contribution in [1.29, 1.82) is 0 Å². The molecule has 19 heavy (non-hydrogen) atoms. The first-order valence-electron chi connectivity index (χ1n) is 6.37. The Kier molecular flexibility index (Phi) is 4.75. The summed E-state index contributed by atoms with van der Waals surface area (Å²) in [5.41, 5.74) is 4.72. The Hall–Kier alpha value is -1.16. The monoisotopic (exact) mass is 364 g/mol. The molecule has 0 saturated carbocycles. The largest absolute Gasteiger partial charge is 0.299 e. The second-order valence-corrected chi connectivity index (χ2v) is 6.18. The van der Waals surface area contributed by atoms with Crippen molar-refractivity contribution in [3.8, 4) is 0 Å². The van der Waals surface area contributed by atoms with Crippen molar-refractivity contribution in [2.75, 3.05) is 0 Å². The van der Waals surface area contributed by atoms with E-state index in [0.29, 0.717) is 12.8 Å². The number of hydrogen-bond donors (Lipinski definition) is 0. The van der Waals surface area contributed by atoms with Gasteiger partial charge in [0.2, 0.25) is 0 Å². The number of Topliss-reactive ketones (excluding diaryl/α,β-unsaturated/α-hetero) is 1. The van der Waals surface area contributed by atoms with Crippen LogP contribution in [0.2, 0.25) is 0 Å². The molecule has 0 amide bonds. The maximum atomic E-state index is 12.1. The molecule has 0 aliphatic carbocycles. The van der Waals surface area contributed by atoms with Crippen molar-refractivity contribution in [3.63, 3.8) is 0 Å². The second-order valence-electron chi connectivity index (χ2n) is 4.94. The summed E-state index contributed by atoms with van der Waals surface area (Å²) in [5.74, 6) is 0.268. The van der Waals surface area contributed by atoms with Crippen LogP contribution in [0.3, 0.4) is 0 Å². The van der Waals surface area contributed by atoms with Crippen LogP contribution in [-0.2, 0) is 17.6 Å². The molecule has 0 saturated heterocycles. The third kappa shape index (κ3) is 4.16. The summed E-state index contributed by atoms with van der Waals surface area (Å²) in [6, 6.07) is 14.4. The van der Waals surface area contributed by atoms with Gasteiger partial charge < -0.3 is 0 Å². The molecule has 2 aromatic rings. The van der Waals surface area contributed by atoms with Crippen molar-refractivity contribution in [1.82, 2.24) is 0 Å². The number of benzene rings is 2. The van der Waals surface area contributed by atoms with E-state index in [-0.39, 0.29) is 5.78 Å². The quantitative estimate of drug-likeness (QED) is 0.741. The minimum Gasteiger partial charge on any atom is -0.299 e. The minimum atomic E-state index is 0.268. The molecule has 0 aliphatic heterocycles. The van der Waals surface area contributed by atoms with Gasteiger partial charge in [-0.1, -0.05) is 30.3 Å². The molecular formula is C17H17IO. The summed E-state index contributed by atoms with van der Waals surface area (Å²) in [4.78, 5) is 12.1. The van der Waals surface area contributed by atoms with Crippen LogP contribution >= 0.6 is 22.6 Å². The topological polar surface area (TPSA) is 17.1 Å². The molecule has 0 N–H and O–H groups in total. The predicted molar refractivity (Wildman–Crippen MR) is 87.5 cm³/mol. The molecule has 0 aromatic heterocycles. The molecule has 98 valence electrons. The Bertz CT molecular complexity index is 585. The highest BCUT2D eigenvalue weighted by Crippen LogP contribution is 2.12. The van der Waals surface area contributed by atoms with E-state index < -0.39 is 0 Å². The lowest BCUT2D eigenvalue weighted by Gasteiger charge is -2.05. The summed E-state index contributed by atoms with van der Waals surface area (Å²) in [5, 5.41) is 0. The van der Waals surface area contributed by atoms with Crippen LogP contribution in [0.1, 0.15) is 22.3 Å². The van der Waals surface area contributed by atoms with Gasteiger partial charge in [-0.05, 0) is 70.8 Å². The number of carbonyl (C=O) groups excluding carboxylic acids is 1. The molecule has 0 bridgehead atoms. The zero-order valence-electron chi connectivity index (χ0n) is 11.2. The van der Waals surface area contributed by atoms with Gasteiger partial charge in [-0.15, -0.1) is 0 Å². The Balaban J connectivity index is 2.01. The summed E-state index contributed by atoms with van der Waals surface area (Å²) < 4.78 is 1.20. The lowest BCUT2D eigenvalue weighted by molar-refractivity contribution is -0.117. The lowest BCUT2D eigenvalue weighted by Crippen LogP contribution is -2.06. The summed E-state index contributed by atoms with van der Waals surface area (Å²) in [6.45, 7) is 4.18. The third-order valence-electron chi connectivity index (χ3n) is 3.29. The SMILES string of the molecule is Cc1ccc(CC(=O)Cc2ccc(I)cc2)cc1C. The standard InChI is InChI=1S/C17H17IO/c1-12-3-4-15(9-13(12)2)11-17(19)10-14-5-7-16(18)8-6-14/h3-9H,10-11H2,1-2H3. The molecule has 0 fully saturated rings. The van der Waals surface area contributed by atoms with Crippen molar-refractivity contribution in [3.05, 3.63) is 68.3 Å². The number of ketones is 1. The predicted octanol–water partition coefficient (Wildman–Crippen LogP) is 4.26. The van der Waals surface area contributed by atoms with E-state index in [1.54, 1.807) is 0 Å². The number of carbonyl (C=O) groups is 1. The van der Waals surface area contributed by atoms with E-state index in [4.69, 9.17) is 0 Å². The Morgan fingerprint density at radius 1 is 0.895 bits per heavy atom. The Morgan fingerprint density at radius 2 is 1.47 bits per heavy atom. The molecule has 0 aliphatic rings. The molecule has 0 heterocycles. The van der Waals surface area contributed by atoms with E-state index in [9.17, 15) is 4.79 Å². The van der Waals surface area contributed by atoms with Gasteiger partial charge in [0.1, 0.15) is 5.78 Å². The van der Waals surface area contributed by atoms with Gasteiger partial charge in [0.05, 0.1) is 0 Å². The Morgan fingerprint density at radius 3 is 2.11 bits per heavy atom. The molecule has 2 aromatic carbocycles. The van der Waals surface area contributed by atoms with E-state index in [1.165, 1.54) is 14.7 Å². The van der Waals surface area contributed by atoms with E-state index in [0.717, 1.165) is 11.1 Å². The van der Waals surface area contributed by atoms with Crippen LogP contribution in [-0.4, -0.2) is 5.78 Å². The zero-order chi connectivity index (χ0) is 13.8. The molecule has 0 unspecified atom stereocenters. The fraction of sp³-hybridized carbons (Fsp3) is 0.235. The smallest absolute Gasteiger partial charge is 0.141 e. The fourth-order valence-electron chi connectivity index (χ4n) is 2.03. The highest BCUT2D eigenvalue weighted by Gasteiger charge is 2.06. The average Bonchev–Trinajstić information content (AvgIpc) is 2.37. The molecule has 1 nitrogen and oxygen atoms in total. The third-order valence-corrected chi connectivity index (χ3v) is 4.01. The van der Waals surface area contributed by atoms with Gasteiger partial charge in [-0.2, -0.15) is 0 Å². The molecule has 0 atom stereocenters. The molecule has 0 spiro atoms. The second kappa shape index (κ2) is 6.33. The van der Waals surface area contributed by atoms with Crippen molar-refractivity contribution in [2.45, 2.75) is 26.7 Å². The lowest BCUT2D eigenvalue weighted by atomic mass is 10.00. The number of rotatable bonds is 4. The highest BCUT2D eigenvalue weighted by molar-refractivity contribution is 14.1. The average molecular weight is 364 g/mol. The highest BCUT2D eigenvalue weighted by atomic mass is 127. The van der Waals surface area contributed by atoms with Gasteiger partial charge in [0, 0.05) is 16.4 Å². The number of aryl methyl sites for hydroxylation is 2. The first kappa shape index (κ1) is 14.3. The maximum absolute atomic E-state index is 12.1. The van der Waals surface area contributed by atoms with Crippen molar-refractivity contribution in [2.24, 2.45) is 0 Å². The molecule has 0 radical (unpaired) electrons. The van der Waals surface area contributed by atoms with Crippen LogP contribution < -0.4 is 0 Å². The van der Waals surface area contributed by atoms with Crippen LogP contribution in [0.4, 0.5) is 0 Å². The van der Waals surface area contributed by atoms with E-state index in [1.807, 2.05) is 30.3 Å². The van der Waals surface area contributed by atoms with Gasteiger partial charge in [-0.3, -0.25) is 4.79 Å². The van der Waals surface area contributed by atoms with Gasteiger partial charge >= 0.3 is 0 Å². The van der Waals surface area contributed by atoms with Gasteiger partial charge in [-0.25, -0.2) is 0 Å². The summed E-state index contributed by atoms with van der Waals surface area (Å²) in [6.07, 6.45) is 1.04. The van der Waals surface area contributed by atoms with Crippen LogP contribution in [0.15, 0.2) is 42.5 Å². The van der Waals surface area contributed by atoms with Crippen molar-refractivity contribution < 1.29 is 4.79 Å². The van der Waals surface area contributed by atoms with Gasteiger partial charge in [0.15, 0.2) is 0 Å². The number of hydrogen-bond acceptors (Lipinski definition) is 1. The van der Waals surface area contributed by atoms with Crippen LogP contribution in [0, 0.1) is 17.4 Å². The number of halogens is 1. The van der Waals surface area contributed by atoms with Crippen LogP contribution in [0.5, 0.6) is 0 Å². The fourth-order valence-corrected chi connectivity index (χ4v) is 2.39. The van der Waals surface area contributed by atoms with E-state index in [2.05, 4.69) is 48.6 Å². The maximum Gasteiger partial charge on any atom is 0.141 e. The Labute approximate surface area is 128 Å². The van der Waals surface area contributed by atoms with Gasteiger partial charge in [0.25, 0.3) is 0 Å². The molecule has 2 heteroatoms. The first-order valence-corrected chi connectivity index (χ1v) is 7.45. The minimum absolute atomic E-state index is 0.268. The normalized spacial score (nSPS) is 10.5. The van der Waals surface area contributed by atoms with Crippen molar-refractivity contribution >= 4 is 28.4 Å². The first-order chi connectivity index (χ1) is 9.04. The molecule has 2 rings (SSSR count). The summed E-state index contributed by atoms with van der Waals surface area (Å²) in [7, 11) is 0. The summed E-state index contributed by atoms with van der Waals surface area (Å²) >= 11 is 2.27. The van der Waals surface area contributed by atoms with Crippen LogP contribution in [0.25, 0.3) is 0 Å².